The molecule has 0 aromatic heterocycles. The minimum absolute atomic E-state index is 0.635. The third-order valence-corrected chi connectivity index (χ3v) is 3.23. The Hall–Kier alpha value is -0.610. The maximum Gasteiger partial charge on any atom is 0.323 e. The second-order valence-electron chi connectivity index (χ2n) is 4.43. The molecule has 0 fully saturated rings. The van der Waals surface area contributed by atoms with Crippen molar-refractivity contribution in [3.63, 3.8) is 0 Å². The number of hydrogen-bond acceptors (Lipinski definition) is 3. The number of carbonyl (C=O) groups is 1. The Balaban J connectivity index is 4.12. The van der Waals surface area contributed by atoms with Crippen LogP contribution < -0.4 is 5.32 Å². The monoisotopic (exact) mass is 230 g/mol. The number of likely N-dealkylation sites (N-methyl/N-ethyl adjacent to an activating group) is 1. The molecule has 96 valence electrons. The highest BCUT2D eigenvalue weighted by molar-refractivity contribution is 5.78. The van der Waals surface area contributed by atoms with Gasteiger partial charge in [-0.15, -0.1) is 0 Å². The number of aliphatic carboxylic acids is 1. The molecule has 0 aliphatic carbocycles. The SMILES string of the molecule is CCCCN(CC)CCC(C)(NC)C(=O)O. The zero-order valence-corrected chi connectivity index (χ0v) is 11.0. The predicted molar refractivity (Wildman–Crippen MR) is 66.7 cm³/mol. The van der Waals surface area contributed by atoms with Crippen LogP contribution in [-0.2, 0) is 4.79 Å². The summed E-state index contributed by atoms with van der Waals surface area (Å²) in [5.41, 5.74) is -0.806. The van der Waals surface area contributed by atoms with Crippen molar-refractivity contribution in [2.45, 2.75) is 45.6 Å². The Morgan fingerprint density at radius 2 is 2.00 bits per heavy atom. The number of nitrogens with zero attached hydrogens (tertiary/aromatic N) is 1. The lowest BCUT2D eigenvalue weighted by Crippen LogP contribution is -2.49. The fourth-order valence-corrected chi connectivity index (χ4v) is 1.53. The third kappa shape index (κ3) is 4.94. The summed E-state index contributed by atoms with van der Waals surface area (Å²) in [6.45, 7) is 8.91. The average molecular weight is 230 g/mol. The van der Waals surface area contributed by atoms with E-state index in [1.54, 1.807) is 14.0 Å². The molecule has 0 aliphatic heterocycles. The van der Waals surface area contributed by atoms with E-state index in [0.29, 0.717) is 6.42 Å². The van der Waals surface area contributed by atoms with Gasteiger partial charge in [-0.1, -0.05) is 20.3 Å². The van der Waals surface area contributed by atoms with E-state index in [0.717, 1.165) is 19.6 Å². The van der Waals surface area contributed by atoms with Crippen molar-refractivity contribution < 1.29 is 9.90 Å². The van der Waals surface area contributed by atoms with Gasteiger partial charge in [-0.2, -0.15) is 0 Å². The van der Waals surface area contributed by atoms with Gasteiger partial charge in [-0.05, 0) is 39.9 Å². The van der Waals surface area contributed by atoms with Crippen LogP contribution in [0.3, 0.4) is 0 Å². The van der Waals surface area contributed by atoms with E-state index in [9.17, 15) is 4.79 Å². The molecule has 0 rings (SSSR count). The van der Waals surface area contributed by atoms with Crippen molar-refractivity contribution in [1.82, 2.24) is 10.2 Å². The first kappa shape index (κ1) is 15.4. The number of unbranched alkanes of at least 4 members (excludes halogenated alkanes) is 1. The maximum atomic E-state index is 11.1. The quantitative estimate of drug-likeness (QED) is 0.631. The zero-order valence-electron chi connectivity index (χ0n) is 11.0. The molecular weight excluding hydrogens is 204 g/mol. The van der Waals surface area contributed by atoms with Crippen LogP contribution in [0.2, 0.25) is 0 Å². The summed E-state index contributed by atoms with van der Waals surface area (Å²) in [5, 5.41) is 12.0. The van der Waals surface area contributed by atoms with Crippen LogP contribution in [0, 0.1) is 0 Å². The molecule has 16 heavy (non-hydrogen) atoms. The lowest BCUT2D eigenvalue weighted by molar-refractivity contribution is -0.144. The van der Waals surface area contributed by atoms with E-state index in [2.05, 4.69) is 24.1 Å². The minimum Gasteiger partial charge on any atom is -0.480 e. The third-order valence-electron chi connectivity index (χ3n) is 3.23. The van der Waals surface area contributed by atoms with Crippen molar-refractivity contribution >= 4 is 5.97 Å². The Kier molecular flexibility index (Phi) is 7.34. The van der Waals surface area contributed by atoms with Crippen LogP contribution in [0.15, 0.2) is 0 Å². The molecule has 2 N–H and O–H groups in total. The van der Waals surface area contributed by atoms with E-state index in [1.165, 1.54) is 12.8 Å². The highest BCUT2D eigenvalue weighted by atomic mass is 16.4. The normalized spacial score (nSPS) is 15.1. The summed E-state index contributed by atoms with van der Waals surface area (Å²) in [5.74, 6) is -0.776. The number of rotatable bonds is 9. The van der Waals surface area contributed by atoms with Crippen molar-refractivity contribution in [3.05, 3.63) is 0 Å². The Morgan fingerprint density at radius 1 is 1.38 bits per heavy atom. The van der Waals surface area contributed by atoms with Crippen molar-refractivity contribution in [2.24, 2.45) is 0 Å². The Labute approximate surface area is 99.0 Å². The van der Waals surface area contributed by atoms with E-state index in [-0.39, 0.29) is 0 Å². The summed E-state index contributed by atoms with van der Waals surface area (Å²) >= 11 is 0. The summed E-state index contributed by atoms with van der Waals surface area (Å²) in [6.07, 6.45) is 2.99. The molecule has 0 spiro atoms. The number of hydrogen-bond donors (Lipinski definition) is 2. The van der Waals surface area contributed by atoms with Gasteiger partial charge >= 0.3 is 5.97 Å². The Morgan fingerprint density at radius 3 is 2.38 bits per heavy atom. The smallest absolute Gasteiger partial charge is 0.323 e. The van der Waals surface area contributed by atoms with Gasteiger partial charge in [0.1, 0.15) is 5.54 Å². The maximum absolute atomic E-state index is 11.1. The van der Waals surface area contributed by atoms with Gasteiger partial charge in [0.25, 0.3) is 0 Å². The largest absolute Gasteiger partial charge is 0.480 e. The fraction of sp³-hybridized carbons (Fsp3) is 0.917. The average Bonchev–Trinajstić information content (AvgIpc) is 2.28. The van der Waals surface area contributed by atoms with E-state index >= 15 is 0 Å². The topological polar surface area (TPSA) is 52.6 Å². The molecule has 0 aromatic carbocycles. The number of nitrogens with one attached hydrogen (secondary N) is 1. The fourth-order valence-electron chi connectivity index (χ4n) is 1.53. The first-order chi connectivity index (χ1) is 7.50. The van der Waals surface area contributed by atoms with Gasteiger partial charge in [0.2, 0.25) is 0 Å². The van der Waals surface area contributed by atoms with Crippen LogP contribution in [0.1, 0.15) is 40.0 Å². The van der Waals surface area contributed by atoms with Crippen LogP contribution >= 0.6 is 0 Å². The molecule has 1 atom stereocenters. The van der Waals surface area contributed by atoms with Gasteiger partial charge < -0.3 is 15.3 Å². The molecule has 4 heteroatoms. The lowest BCUT2D eigenvalue weighted by atomic mass is 9.98. The molecule has 0 amide bonds. The van der Waals surface area contributed by atoms with Gasteiger partial charge in [0.15, 0.2) is 0 Å². The zero-order chi connectivity index (χ0) is 12.6. The molecule has 1 unspecified atom stereocenters. The van der Waals surface area contributed by atoms with Crippen molar-refractivity contribution in [3.8, 4) is 0 Å². The first-order valence-corrected chi connectivity index (χ1v) is 6.14. The number of carboxylic acids is 1. The van der Waals surface area contributed by atoms with Crippen molar-refractivity contribution in [2.75, 3.05) is 26.7 Å². The van der Waals surface area contributed by atoms with Crippen LogP contribution in [0.5, 0.6) is 0 Å². The molecular formula is C12H26N2O2. The second kappa shape index (κ2) is 7.63. The van der Waals surface area contributed by atoms with E-state index in [1.807, 2.05) is 0 Å². The van der Waals surface area contributed by atoms with Crippen molar-refractivity contribution in [1.29, 1.82) is 0 Å². The highest BCUT2D eigenvalue weighted by Gasteiger charge is 2.30. The van der Waals surface area contributed by atoms with Gasteiger partial charge in [-0.25, -0.2) is 0 Å². The highest BCUT2D eigenvalue weighted by Crippen LogP contribution is 2.10. The second-order valence-corrected chi connectivity index (χ2v) is 4.43. The van der Waals surface area contributed by atoms with Gasteiger partial charge in [0.05, 0.1) is 0 Å². The molecule has 0 aliphatic rings. The minimum atomic E-state index is -0.806. The Bertz CT molecular complexity index is 209. The summed E-state index contributed by atoms with van der Waals surface area (Å²) in [4.78, 5) is 13.4. The molecule has 0 saturated heterocycles. The van der Waals surface area contributed by atoms with E-state index < -0.39 is 11.5 Å². The van der Waals surface area contributed by atoms with Crippen LogP contribution in [0.4, 0.5) is 0 Å². The van der Waals surface area contributed by atoms with Gasteiger partial charge in [0, 0.05) is 6.54 Å². The number of carboxylic acid groups (broad SMARTS) is 1. The summed E-state index contributed by atoms with van der Waals surface area (Å²) in [7, 11) is 1.70. The molecule has 0 heterocycles. The molecule has 4 nitrogen and oxygen atoms in total. The van der Waals surface area contributed by atoms with Crippen LogP contribution in [-0.4, -0.2) is 48.2 Å². The summed E-state index contributed by atoms with van der Waals surface area (Å²) < 4.78 is 0. The van der Waals surface area contributed by atoms with Gasteiger partial charge in [-0.3, -0.25) is 4.79 Å². The first-order valence-electron chi connectivity index (χ1n) is 6.14. The molecule has 0 bridgehead atoms. The predicted octanol–water partition coefficient (Wildman–Crippen LogP) is 1.56. The molecule has 0 aromatic rings. The standard InChI is InChI=1S/C12H26N2O2/c1-5-7-9-14(6-2)10-8-12(3,13-4)11(15)16/h13H,5-10H2,1-4H3,(H,15,16). The summed E-state index contributed by atoms with van der Waals surface area (Å²) in [6, 6.07) is 0. The molecule has 0 saturated carbocycles. The molecule has 0 radical (unpaired) electrons. The van der Waals surface area contributed by atoms with Crippen LogP contribution in [0.25, 0.3) is 0 Å². The lowest BCUT2D eigenvalue weighted by Gasteiger charge is -2.28. The van der Waals surface area contributed by atoms with E-state index in [4.69, 9.17) is 5.11 Å².